The van der Waals surface area contributed by atoms with Gasteiger partial charge in [0.2, 0.25) is 0 Å². The Balaban J connectivity index is 2.09. The Kier molecular flexibility index (Phi) is 4.68. The van der Waals surface area contributed by atoms with Gasteiger partial charge in [0.1, 0.15) is 0 Å². The van der Waals surface area contributed by atoms with Gasteiger partial charge in [0.25, 0.3) is 0 Å². The predicted molar refractivity (Wildman–Crippen MR) is 82.5 cm³/mol. The lowest BCUT2D eigenvalue weighted by atomic mass is 10.1. The number of nitrogens with zero attached hydrogens (tertiary/aromatic N) is 1. The van der Waals surface area contributed by atoms with Crippen LogP contribution in [0.1, 0.15) is 24.5 Å². The third-order valence-electron chi connectivity index (χ3n) is 3.68. The van der Waals surface area contributed by atoms with E-state index in [4.69, 9.17) is 0 Å². The molecule has 1 fully saturated rings. The summed E-state index contributed by atoms with van der Waals surface area (Å²) in [6.07, 6.45) is 1.30. The fraction of sp³-hybridized carbons (Fsp3) is 0.600. The maximum Gasteiger partial charge on any atom is 0.0540 e. The summed E-state index contributed by atoms with van der Waals surface area (Å²) in [6, 6.07) is 4.50. The summed E-state index contributed by atoms with van der Waals surface area (Å²) in [4.78, 5) is 2.53. The Morgan fingerprint density at radius 2 is 2.17 bits per heavy atom. The highest BCUT2D eigenvalue weighted by molar-refractivity contribution is 9.10. The maximum atomic E-state index is 3.72. The summed E-state index contributed by atoms with van der Waals surface area (Å²) in [6.45, 7) is 11.1. The molecule has 0 bridgehead atoms. The molecule has 1 aliphatic rings. The van der Waals surface area contributed by atoms with Gasteiger partial charge in [-0.15, -0.1) is 0 Å². The van der Waals surface area contributed by atoms with Gasteiger partial charge in [-0.05, 0) is 72.4 Å². The van der Waals surface area contributed by atoms with Gasteiger partial charge < -0.3 is 10.2 Å². The molecule has 1 aliphatic heterocycles. The van der Waals surface area contributed by atoms with Crippen molar-refractivity contribution in [3.63, 3.8) is 0 Å². The maximum absolute atomic E-state index is 3.72. The van der Waals surface area contributed by atoms with Crippen LogP contribution >= 0.6 is 15.9 Å². The van der Waals surface area contributed by atoms with Crippen LogP contribution in [0.4, 0.5) is 5.69 Å². The first-order chi connectivity index (χ1) is 8.61. The van der Waals surface area contributed by atoms with Crippen LogP contribution in [0.3, 0.4) is 0 Å². The lowest BCUT2D eigenvalue weighted by Gasteiger charge is -2.23. The number of aryl methyl sites for hydroxylation is 2. The molecule has 0 amide bonds. The number of anilines is 1. The van der Waals surface area contributed by atoms with E-state index in [1.807, 2.05) is 0 Å². The van der Waals surface area contributed by atoms with Crippen molar-refractivity contribution in [2.75, 3.05) is 31.1 Å². The van der Waals surface area contributed by atoms with Gasteiger partial charge in [0.15, 0.2) is 0 Å². The van der Waals surface area contributed by atoms with E-state index < -0.39 is 0 Å². The molecule has 1 atom stereocenters. The molecular weight excluding hydrogens is 288 g/mol. The molecule has 1 aromatic rings. The fourth-order valence-electron chi connectivity index (χ4n) is 2.86. The molecule has 18 heavy (non-hydrogen) atoms. The molecule has 2 nitrogen and oxygen atoms in total. The van der Waals surface area contributed by atoms with Gasteiger partial charge in [-0.25, -0.2) is 0 Å². The van der Waals surface area contributed by atoms with Crippen molar-refractivity contribution in [2.24, 2.45) is 5.92 Å². The normalized spacial score (nSPS) is 19.6. The topological polar surface area (TPSA) is 15.3 Å². The number of nitrogens with one attached hydrogen (secondary N) is 1. The first-order valence-electron chi connectivity index (χ1n) is 6.84. The molecule has 0 saturated carbocycles. The van der Waals surface area contributed by atoms with Gasteiger partial charge in [-0.1, -0.05) is 13.0 Å². The Bertz CT molecular complexity index is 394. The second-order valence-electron chi connectivity index (χ2n) is 5.32. The fourth-order valence-corrected chi connectivity index (χ4v) is 3.78. The molecule has 0 aromatic heterocycles. The molecule has 1 saturated heterocycles. The van der Waals surface area contributed by atoms with Gasteiger partial charge in [0, 0.05) is 17.6 Å². The average Bonchev–Trinajstić information content (AvgIpc) is 2.73. The Morgan fingerprint density at radius 3 is 2.83 bits per heavy atom. The van der Waals surface area contributed by atoms with Crippen LogP contribution in [-0.2, 0) is 0 Å². The van der Waals surface area contributed by atoms with Crippen molar-refractivity contribution in [1.29, 1.82) is 0 Å². The zero-order chi connectivity index (χ0) is 13.1. The molecule has 0 aliphatic carbocycles. The molecule has 100 valence electrons. The van der Waals surface area contributed by atoms with Crippen molar-refractivity contribution in [3.05, 3.63) is 27.7 Å². The SMILES string of the molecule is CCNCC1CCN(c2c(C)cc(C)cc2Br)C1. The van der Waals surface area contributed by atoms with Gasteiger partial charge >= 0.3 is 0 Å². The van der Waals surface area contributed by atoms with Gasteiger partial charge in [0.05, 0.1) is 5.69 Å². The molecule has 1 unspecified atom stereocenters. The molecule has 1 heterocycles. The molecule has 1 aromatic carbocycles. The lowest BCUT2D eigenvalue weighted by Crippen LogP contribution is -2.26. The molecule has 1 N–H and O–H groups in total. The Morgan fingerprint density at radius 1 is 1.39 bits per heavy atom. The quantitative estimate of drug-likeness (QED) is 0.915. The highest BCUT2D eigenvalue weighted by Crippen LogP contribution is 2.34. The second kappa shape index (κ2) is 6.07. The first kappa shape index (κ1) is 13.9. The summed E-state index contributed by atoms with van der Waals surface area (Å²) in [7, 11) is 0. The molecule has 0 radical (unpaired) electrons. The van der Waals surface area contributed by atoms with E-state index in [-0.39, 0.29) is 0 Å². The van der Waals surface area contributed by atoms with E-state index in [1.54, 1.807) is 0 Å². The van der Waals surface area contributed by atoms with Crippen LogP contribution in [0.15, 0.2) is 16.6 Å². The van der Waals surface area contributed by atoms with Crippen LogP contribution < -0.4 is 10.2 Å². The summed E-state index contributed by atoms with van der Waals surface area (Å²) in [5.41, 5.74) is 4.09. The van der Waals surface area contributed by atoms with Crippen LogP contribution in [0.2, 0.25) is 0 Å². The number of rotatable bonds is 4. The molecule has 3 heteroatoms. The largest absolute Gasteiger partial charge is 0.370 e. The van der Waals surface area contributed by atoms with Crippen LogP contribution in [0, 0.1) is 19.8 Å². The Labute approximate surface area is 119 Å². The van der Waals surface area contributed by atoms with E-state index in [0.717, 1.165) is 19.0 Å². The molecule has 2 rings (SSSR count). The number of benzene rings is 1. The minimum absolute atomic E-state index is 0.789. The van der Waals surface area contributed by atoms with Crippen LogP contribution in [0.5, 0.6) is 0 Å². The highest BCUT2D eigenvalue weighted by Gasteiger charge is 2.24. The Hall–Kier alpha value is -0.540. The minimum atomic E-state index is 0.789. The summed E-state index contributed by atoms with van der Waals surface area (Å²) in [5, 5.41) is 3.46. The zero-order valence-corrected chi connectivity index (χ0v) is 13.2. The lowest BCUT2D eigenvalue weighted by molar-refractivity contribution is 0.528. The first-order valence-corrected chi connectivity index (χ1v) is 7.63. The second-order valence-corrected chi connectivity index (χ2v) is 6.17. The molecule has 0 spiro atoms. The van der Waals surface area contributed by atoms with Crippen molar-refractivity contribution >= 4 is 21.6 Å². The third kappa shape index (κ3) is 3.07. The summed E-state index contributed by atoms with van der Waals surface area (Å²) < 4.78 is 1.24. The van der Waals surface area contributed by atoms with Gasteiger partial charge in [-0.2, -0.15) is 0 Å². The number of halogens is 1. The minimum Gasteiger partial charge on any atom is -0.370 e. The van der Waals surface area contributed by atoms with E-state index in [2.05, 4.69) is 59.1 Å². The van der Waals surface area contributed by atoms with Crippen molar-refractivity contribution in [2.45, 2.75) is 27.2 Å². The highest BCUT2D eigenvalue weighted by atomic mass is 79.9. The van der Waals surface area contributed by atoms with E-state index in [0.29, 0.717) is 0 Å². The smallest absolute Gasteiger partial charge is 0.0540 e. The average molecular weight is 311 g/mol. The number of hydrogen-bond acceptors (Lipinski definition) is 2. The number of hydrogen-bond donors (Lipinski definition) is 1. The standard InChI is InChI=1S/C15H23BrN2/c1-4-17-9-13-5-6-18(10-13)15-12(3)7-11(2)8-14(15)16/h7-8,13,17H,4-6,9-10H2,1-3H3. The third-order valence-corrected chi connectivity index (χ3v) is 4.29. The van der Waals surface area contributed by atoms with E-state index in [9.17, 15) is 0 Å². The van der Waals surface area contributed by atoms with Crippen LogP contribution in [0.25, 0.3) is 0 Å². The van der Waals surface area contributed by atoms with Crippen LogP contribution in [-0.4, -0.2) is 26.2 Å². The van der Waals surface area contributed by atoms with Crippen molar-refractivity contribution in [3.8, 4) is 0 Å². The predicted octanol–water partition coefficient (Wildman–Crippen LogP) is 3.50. The zero-order valence-electron chi connectivity index (χ0n) is 11.6. The molecular formula is C15H23BrN2. The summed E-state index contributed by atoms with van der Waals surface area (Å²) in [5.74, 6) is 0.789. The summed E-state index contributed by atoms with van der Waals surface area (Å²) >= 11 is 3.72. The monoisotopic (exact) mass is 310 g/mol. The van der Waals surface area contributed by atoms with Crippen molar-refractivity contribution in [1.82, 2.24) is 5.32 Å². The van der Waals surface area contributed by atoms with E-state index in [1.165, 1.54) is 40.8 Å². The van der Waals surface area contributed by atoms with Gasteiger partial charge in [-0.3, -0.25) is 0 Å². The van der Waals surface area contributed by atoms with E-state index >= 15 is 0 Å². The van der Waals surface area contributed by atoms with Crippen molar-refractivity contribution < 1.29 is 0 Å².